The van der Waals surface area contributed by atoms with E-state index in [1.807, 2.05) is 18.2 Å². The largest absolute Gasteiger partial charge is 0.455 e. The highest BCUT2D eigenvalue weighted by Crippen LogP contribution is 2.43. The molecule has 0 aliphatic rings. The molecule has 5 nitrogen and oxygen atoms in total. The number of rotatable bonds is 5. The van der Waals surface area contributed by atoms with Crippen molar-refractivity contribution in [3.8, 4) is 51.0 Å². The topological polar surface area (TPSA) is 56.7 Å². The molecule has 4 aromatic heterocycles. The molecule has 0 saturated heterocycles. The van der Waals surface area contributed by atoms with E-state index in [1.165, 1.54) is 41.7 Å². The van der Waals surface area contributed by atoms with Crippen LogP contribution in [0.4, 0.5) is 0 Å². The molecule has 4 heterocycles. The van der Waals surface area contributed by atoms with Gasteiger partial charge in [0.1, 0.15) is 11.2 Å². The van der Waals surface area contributed by atoms with Crippen molar-refractivity contribution >= 4 is 86.0 Å². The summed E-state index contributed by atoms with van der Waals surface area (Å²) < 4.78 is 11.8. The Hall–Kier alpha value is -7.93. The smallest absolute Gasteiger partial charge is 0.167 e. The van der Waals surface area contributed by atoms with E-state index >= 15 is 0 Å². The molecule has 61 heavy (non-hydrogen) atoms. The van der Waals surface area contributed by atoms with Gasteiger partial charge in [-0.25, -0.2) is 15.0 Å². The van der Waals surface area contributed by atoms with Crippen molar-refractivity contribution in [2.45, 2.75) is 0 Å². The molecule has 13 aromatic rings. The lowest BCUT2D eigenvalue weighted by atomic mass is 10.0. The number of fused-ring (bicyclic) bond motifs is 10. The average Bonchev–Trinajstić information content (AvgIpc) is 4.00. The van der Waals surface area contributed by atoms with E-state index in [1.54, 1.807) is 11.3 Å². The summed E-state index contributed by atoms with van der Waals surface area (Å²) >= 11 is 1.80. The van der Waals surface area contributed by atoms with Crippen molar-refractivity contribution in [1.82, 2.24) is 19.5 Å². The minimum atomic E-state index is 0.547. The number of para-hydroxylation sites is 2. The lowest BCUT2D eigenvalue weighted by Gasteiger charge is -2.13. The Kier molecular flexibility index (Phi) is 7.41. The maximum absolute atomic E-state index is 6.91. The second kappa shape index (κ2) is 13.3. The third kappa shape index (κ3) is 5.36. The second-order valence-corrected chi connectivity index (χ2v) is 16.6. The Bertz CT molecular complexity index is 3880. The van der Waals surface area contributed by atoms with Crippen molar-refractivity contribution in [2.75, 3.05) is 0 Å². The number of hydrogen-bond donors (Lipinski definition) is 0. The van der Waals surface area contributed by atoms with Gasteiger partial charge < -0.3 is 8.98 Å². The summed E-state index contributed by atoms with van der Waals surface area (Å²) in [7, 11) is 0. The van der Waals surface area contributed by atoms with Crippen LogP contribution >= 0.6 is 11.3 Å². The van der Waals surface area contributed by atoms with Crippen LogP contribution < -0.4 is 0 Å². The number of furan rings is 1. The van der Waals surface area contributed by atoms with Crippen molar-refractivity contribution in [3.63, 3.8) is 0 Å². The summed E-state index contributed by atoms with van der Waals surface area (Å²) in [6.45, 7) is 0. The summed E-state index contributed by atoms with van der Waals surface area (Å²) in [5.41, 5.74) is 9.76. The number of hydrogen-bond acceptors (Lipinski definition) is 5. The molecule has 6 heteroatoms. The van der Waals surface area contributed by atoms with Crippen molar-refractivity contribution in [1.29, 1.82) is 0 Å². The van der Waals surface area contributed by atoms with E-state index in [9.17, 15) is 0 Å². The summed E-state index contributed by atoms with van der Waals surface area (Å²) in [5.74, 6) is 1.75. The molecule has 0 fully saturated rings. The number of aromatic nitrogens is 4. The van der Waals surface area contributed by atoms with Crippen LogP contribution in [0.2, 0.25) is 0 Å². The van der Waals surface area contributed by atoms with Gasteiger partial charge >= 0.3 is 0 Å². The fraction of sp³-hybridized carbons (Fsp3) is 0. The summed E-state index contributed by atoms with van der Waals surface area (Å²) in [5, 5.41) is 9.28. The van der Waals surface area contributed by atoms with Crippen LogP contribution in [0.1, 0.15) is 0 Å². The third-order valence-electron chi connectivity index (χ3n) is 12.0. The van der Waals surface area contributed by atoms with Crippen LogP contribution in [0.15, 0.2) is 199 Å². The maximum atomic E-state index is 6.91. The standard InChI is InChI=1S/C55H32N4OS/c1-2-12-33(13-3-1)34-22-24-35(25-23-34)53-56-54(38-26-29-50-44(31-38)40-17-8-11-21-49(40)61-50)58-55(57-53)42-27-28-46(51-41-18-7-10-20-48(41)60-52(42)51)59-45-19-9-6-16-39(45)43-30-36-14-4-5-15-37(36)32-47(43)59/h1-32H. The first kappa shape index (κ1) is 34.0. The van der Waals surface area contributed by atoms with Crippen LogP contribution in [0.5, 0.6) is 0 Å². The lowest BCUT2D eigenvalue weighted by Crippen LogP contribution is -2.01. The van der Waals surface area contributed by atoms with Gasteiger partial charge in [0, 0.05) is 47.5 Å². The van der Waals surface area contributed by atoms with E-state index < -0.39 is 0 Å². The van der Waals surface area contributed by atoms with E-state index in [4.69, 9.17) is 19.4 Å². The zero-order valence-electron chi connectivity index (χ0n) is 32.6. The van der Waals surface area contributed by atoms with Crippen LogP contribution in [-0.2, 0) is 0 Å². The molecule has 0 atom stereocenters. The van der Waals surface area contributed by atoms with Gasteiger partial charge in [-0.2, -0.15) is 0 Å². The van der Waals surface area contributed by atoms with Gasteiger partial charge in [-0.1, -0.05) is 133 Å². The van der Waals surface area contributed by atoms with Crippen LogP contribution in [-0.4, -0.2) is 19.5 Å². The van der Waals surface area contributed by atoms with Gasteiger partial charge in [0.05, 0.1) is 27.7 Å². The van der Waals surface area contributed by atoms with Gasteiger partial charge in [-0.05, 0) is 82.6 Å². The summed E-state index contributed by atoms with van der Waals surface area (Å²) in [6, 6.07) is 68.5. The Morgan fingerprint density at radius 2 is 1.02 bits per heavy atom. The van der Waals surface area contributed by atoms with Gasteiger partial charge in [0.2, 0.25) is 0 Å². The molecule has 0 aliphatic carbocycles. The highest BCUT2D eigenvalue weighted by molar-refractivity contribution is 7.25. The first-order valence-electron chi connectivity index (χ1n) is 20.4. The van der Waals surface area contributed by atoms with E-state index in [0.717, 1.165) is 66.5 Å². The first-order chi connectivity index (χ1) is 30.2. The number of benzene rings is 9. The molecule has 0 amide bonds. The third-order valence-corrected chi connectivity index (χ3v) is 13.2. The zero-order valence-corrected chi connectivity index (χ0v) is 33.4. The van der Waals surface area contributed by atoms with E-state index in [0.29, 0.717) is 17.5 Å². The lowest BCUT2D eigenvalue weighted by molar-refractivity contribution is 0.669. The second-order valence-electron chi connectivity index (χ2n) is 15.6. The highest BCUT2D eigenvalue weighted by atomic mass is 32.1. The van der Waals surface area contributed by atoms with Gasteiger partial charge in [-0.3, -0.25) is 0 Å². The molecule has 0 N–H and O–H groups in total. The molecular formula is C55H32N4OS. The SMILES string of the molecule is c1ccc(-c2ccc(-c3nc(-c4ccc5sc6ccccc6c5c4)nc(-c4ccc(-n5c6ccccc6c6cc7ccccc7cc65)c5c4oc4ccccc45)n3)cc2)cc1. The monoisotopic (exact) mass is 796 g/mol. The minimum absolute atomic E-state index is 0.547. The van der Waals surface area contributed by atoms with Crippen LogP contribution in [0, 0.1) is 0 Å². The molecular weight excluding hydrogens is 765 g/mol. The highest BCUT2D eigenvalue weighted by Gasteiger charge is 2.23. The molecule has 0 aliphatic heterocycles. The first-order valence-corrected chi connectivity index (χ1v) is 21.2. The Balaban J connectivity index is 1.06. The molecule has 9 aromatic carbocycles. The quantitative estimate of drug-likeness (QED) is 0.174. The molecule has 0 radical (unpaired) electrons. The molecule has 13 rings (SSSR count). The number of nitrogens with zero attached hydrogens (tertiary/aromatic N) is 4. The molecule has 0 bridgehead atoms. The molecule has 284 valence electrons. The van der Waals surface area contributed by atoms with Gasteiger partial charge in [-0.15, -0.1) is 11.3 Å². The average molecular weight is 797 g/mol. The zero-order chi connectivity index (χ0) is 40.0. The van der Waals surface area contributed by atoms with Crippen LogP contribution in [0.3, 0.4) is 0 Å². The van der Waals surface area contributed by atoms with E-state index in [2.05, 4.69) is 180 Å². The minimum Gasteiger partial charge on any atom is -0.455 e. The van der Waals surface area contributed by atoms with Crippen molar-refractivity contribution in [3.05, 3.63) is 194 Å². The van der Waals surface area contributed by atoms with Crippen molar-refractivity contribution in [2.24, 2.45) is 0 Å². The predicted octanol–water partition coefficient (Wildman–Crippen LogP) is 15.1. The fourth-order valence-corrected chi connectivity index (χ4v) is 10.2. The maximum Gasteiger partial charge on any atom is 0.167 e. The molecule has 0 spiro atoms. The summed E-state index contributed by atoms with van der Waals surface area (Å²) in [4.78, 5) is 15.8. The van der Waals surface area contributed by atoms with Crippen molar-refractivity contribution < 1.29 is 4.42 Å². The van der Waals surface area contributed by atoms with Gasteiger partial charge in [0.25, 0.3) is 0 Å². The van der Waals surface area contributed by atoms with E-state index in [-0.39, 0.29) is 0 Å². The predicted molar refractivity (Wildman–Crippen MR) is 254 cm³/mol. The molecule has 0 saturated carbocycles. The van der Waals surface area contributed by atoms with Gasteiger partial charge in [0.15, 0.2) is 17.5 Å². The normalized spacial score (nSPS) is 11.9. The Morgan fingerprint density at radius 1 is 0.393 bits per heavy atom. The summed E-state index contributed by atoms with van der Waals surface area (Å²) in [6.07, 6.45) is 0. The Morgan fingerprint density at radius 3 is 1.87 bits per heavy atom. The molecule has 0 unspecified atom stereocenters. The number of thiophene rings is 1. The van der Waals surface area contributed by atoms with Crippen LogP contribution in [0.25, 0.3) is 126 Å². The fourth-order valence-electron chi connectivity index (χ4n) is 9.15. The Labute approximate surface area is 353 Å².